The highest BCUT2D eigenvalue weighted by molar-refractivity contribution is 4.84. The second-order valence-corrected chi connectivity index (χ2v) is 3.82. The van der Waals surface area contributed by atoms with E-state index in [-0.39, 0.29) is 0 Å². The lowest BCUT2D eigenvalue weighted by molar-refractivity contribution is 0.217. The normalized spacial score (nSPS) is 18.8. The van der Waals surface area contributed by atoms with Crippen LogP contribution in [0.2, 0.25) is 0 Å². The first-order valence-corrected chi connectivity index (χ1v) is 4.98. The SMILES string of the molecule is CCNC(C)[C@@](C)(CC)CNC. The molecule has 2 nitrogen and oxygen atoms in total. The largest absolute Gasteiger partial charge is 0.319 e. The van der Waals surface area contributed by atoms with Gasteiger partial charge in [-0.15, -0.1) is 0 Å². The van der Waals surface area contributed by atoms with Crippen molar-refractivity contribution in [3.8, 4) is 0 Å². The molecule has 0 aromatic heterocycles. The second kappa shape index (κ2) is 5.55. The molecule has 0 saturated heterocycles. The highest BCUT2D eigenvalue weighted by atomic mass is 14.9. The molecule has 0 rings (SSSR count). The summed E-state index contributed by atoms with van der Waals surface area (Å²) in [6, 6.07) is 0.583. The Bertz CT molecular complexity index is 114. The van der Waals surface area contributed by atoms with Gasteiger partial charge in [-0.2, -0.15) is 0 Å². The first-order chi connectivity index (χ1) is 5.60. The predicted molar refractivity (Wildman–Crippen MR) is 55.5 cm³/mol. The van der Waals surface area contributed by atoms with Gasteiger partial charge < -0.3 is 10.6 Å². The summed E-state index contributed by atoms with van der Waals surface area (Å²) in [5.74, 6) is 0. The van der Waals surface area contributed by atoms with Gasteiger partial charge in [0.1, 0.15) is 0 Å². The van der Waals surface area contributed by atoms with Crippen molar-refractivity contribution in [2.75, 3.05) is 20.1 Å². The average molecular weight is 172 g/mol. The van der Waals surface area contributed by atoms with Crippen LogP contribution in [0.4, 0.5) is 0 Å². The van der Waals surface area contributed by atoms with Crippen molar-refractivity contribution in [3.63, 3.8) is 0 Å². The summed E-state index contributed by atoms with van der Waals surface area (Å²) in [5.41, 5.74) is 0.380. The Morgan fingerprint density at radius 3 is 2.25 bits per heavy atom. The summed E-state index contributed by atoms with van der Waals surface area (Å²) in [4.78, 5) is 0. The zero-order valence-electron chi connectivity index (χ0n) is 9.20. The van der Waals surface area contributed by atoms with Crippen molar-refractivity contribution in [1.82, 2.24) is 10.6 Å². The molecule has 0 aromatic rings. The first kappa shape index (κ1) is 11.9. The maximum Gasteiger partial charge on any atom is 0.0104 e. The molecule has 0 aliphatic heterocycles. The minimum absolute atomic E-state index is 0.380. The van der Waals surface area contributed by atoms with E-state index in [0.29, 0.717) is 11.5 Å². The van der Waals surface area contributed by atoms with Gasteiger partial charge in [0.15, 0.2) is 0 Å². The van der Waals surface area contributed by atoms with E-state index in [2.05, 4.69) is 38.3 Å². The van der Waals surface area contributed by atoms with Gasteiger partial charge in [-0.25, -0.2) is 0 Å². The number of nitrogens with one attached hydrogen (secondary N) is 2. The number of rotatable bonds is 6. The molecule has 0 fully saturated rings. The fraction of sp³-hybridized carbons (Fsp3) is 1.00. The molecule has 0 aromatic carbocycles. The quantitative estimate of drug-likeness (QED) is 0.636. The summed E-state index contributed by atoms with van der Waals surface area (Å²) in [6.45, 7) is 11.1. The molecular weight excluding hydrogens is 148 g/mol. The summed E-state index contributed by atoms with van der Waals surface area (Å²) in [6.07, 6.45) is 1.21. The number of hydrogen-bond donors (Lipinski definition) is 2. The molecule has 1 unspecified atom stereocenters. The first-order valence-electron chi connectivity index (χ1n) is 4.98. The minimum atomic E-state index is 0.380. The van der Waals surface area contributed by atoms with Crippen LogP contribution in [0.3, 0.4) is 0 Å². The van der Waals surface area contributed by atoms with Gasteiger partial charge in [0.25, 0.3) is 0 Å². The zero-order valence-corrected chi connectivity index (χ0v) is 9.20. The molecule has 74 valence electrons. The molecule has 0 radical (unpaired) electrons. The van der Waals surface area contributed by atoms with Gasteiger partial charge in [0.05, 0.1) is 0 Å². The van der Waals surface area contributed by atoms with Gasteiger partial charge in [-0.1, -0.05) is 20.8 Å². The topological polar surface area (TPSA) is 24.1 Å². The van der Waals surface area contributed by atoms with Crippen molar-refractivity contribution in [2.24, 2.45) is 5.41 Å². The lowest BCUT2D eigenvalue weighted by Gasteiger charge is -2.35. The van der Waals surface area contributed by atoms with E-state index in [1.807, 2.05) is 7.05 Å². The third-order valence-electron chi connectivity index (χ3n) is 2.94. The maximum absolute atomic E-state index is 3.48. The Morgan fingerprint density at radius 1 is 1.33 bits per heavy atom. The van der Waals surface area contributed by atoms with Crippen LogP contribution in [0.1, 0.15) is 34.1 Å². The molecule has 0 bridgehead atoms. The molecule has 0 aliphatic carbocycles. The van der Waals surface area contributed by atoms with E-state index >= 15 is 0 Å². The van der Waals surface area contributed by atoms with Crippen LogP contribution in [0, 0.1) is 5.41 Å². The van der Waals surface area contributed by atoms with Crippen LogP contribution in [0.15, 0.2) is 0 Å². The van der Waals surface area contributed by atoms with Crippen LogP contribution in [0.5, 0.6) is 0 Å². The van der Waals surface area contributed by atoms with Crippen molar-refractivity contribution >= 4 is 0 Å². The van der Waals surface area contributed by atoms with Crippen LogP contribution in [-0.2, 0) is 0 Å². The van der Waals surface area contributed by atoms with Crippen molar-refractivity contribution in [3.05, 3.63) is 0 Å². The van der Waals surface area contributed by atoms with Crippen molar-refractivity contribution in [1.29, 1.82) is 0 Å². The van der Waals surface area contributed by atoms with Crippen molar-refractivity contribution < 1.29 is 0 Å². The van der Waals surface area contributed by atoms with E-state index in [0.717, 1.165) is 13.1 Å². The molecule has 0 aliphatic rings. The molecule has 0 saturated carbocycles. The molecule has 0 amide bonds. The van der Waals surface area contributed by atoms with E-state index in [9.17, 15) is 0 Å². The van der Waals surface area contributed by atoms with E-state index in [4.69, 9.17) is 0 Å². The third kappa shape index (κ3) is 3.11. The van der Waals surface area contributed by atoms with Gasteiger partial charge in [0, 0.05) is 12.6 Å². The van der Waals surface area contributed by atoms with E-state index in [1.54, 1.807) is 0 Å². The smallest absolute Gasteiger partial charge is 0.0104 e. The standard InChI is InChI=1S/C10H24N2/c1-6-10(4,8-11-5)9(3)12-7-2/h9,11-12H,6-8H2,1-5H3/t9?,10-/m0/s1. The van der Waals surface area contributed by atoms with Crippen LogP contribution in [-0.4, -0.2) is 26.2 Å². The lowest BCUT2D eigenvalue weighted by Crippen LogP contribution is -2.46. The average Bonchev–Trinajstić information content (AvgIpc) is 2.05. The van der Waals surface area contributed by atoms with E-state index < -0.39 is 0 Å². The van der Waals surface area contributed by atoms with E-state index in [1.165, 1.54) is 6.42 Å². The predicted octanol–water partition coefficient (Wildman–Crippen LogP) is 1.62. The van der Waals surface area contributed by atoms with Crippen LogP contribution >= 0.6 is 0 Å². The third-order valence-corrected chi connectivity index (χ3v) is 2.94. The highest BCUT2D eigenvalue weighted by Gasteiger charge is 2.27. The summed E-state index contributed by atoms with van der Waals surface area (Å²) in [5, 5.41) is 6.74. The second-order valence-electron chi connectivity index (χ2n) is 3.82. The lowest BCUT2D eigenvalue weighted by atomic mass is 9.80. The minimum Gasteiger partial charge on any atom is -0.319 e. The van der Waals surface area contributed by atoms with Gasteiger partial charge >= 0.3 is 0 Å². The fourth-order valence-electron chi connectivity index (χ4n) is 1.54. The fourth-order valence-corrected chi connectivity index (χ4v) is 1.54. The van der Waals surface area contributed by atoms with Gasteiger partial charge in [-0.05, 0) is 32.4 Å². The van der Waals surface area contributed by atoms with Gasteiger partial charge in [0.2, 0.25) is 0 Å². The summed E-state index contributed by atoms with van der Waals surface area (Å²) in [7, 11) is 2.02. The Morgan fingerprint density at radius 2 is 1.92 bits per heavy atom. The highest BCUT2D eigenvalue weighted by Crippen LogP contribution is 2.24. The van der Waals surface area contributed by atoms with Crippen LogP contribution in [0.25, 0.3) is 0 Å². The van der Waals surface area contributed by atoms with Crippen molar-refractivity contribution in [2.45, 2.75) is 40.2 Å². The Balaban J connectivity index is 4.08. The Labute approximate surface area is 77.1 Å². The molecule has 2 N–H and O–H groups in total. The number of hydrogen-bond acceptors (Lipinski definition) is 2. The Hall–Kier alpha value is -0.0800. The van der Waals surface area contributed by atoms with Gasteiger partial charge in [-0.3, -0.25) is 0 Å². The monoisotopic (exact) mass is 172 g/mol. The molecule has 2 atom stereocenters. The zero-order chi connectivity index (χ0) is 9.61. The Kier molecular flexibility index (Phi) is 5.51. The van der Waals surface area contributed by atoms with Crippen LogP contribution < -0.4 is 10.6 Å². The molecule has 0 spiro atoms. The molecule has 2 heteroatoms. The summed E-state index contributed by atoms with van der Waals surface area (Å²) >= 11 is 0. The summed E-state index contributed by atoms with van der Waals surface area (Å²) < 4.78 is 0. The maximum atomic E-state index is 3.48. The molecule has 0 heterocycles. The molecule has 12 heavy (non-hydrogen) atoms. The molecular formula is C10H24N2.